The molecule has 1 amide bonds. The monoisotopic (exact) mass is 388 g/mol. The summed E-state index contributed by atoms with van der Waals surface area (Å²) in [6, 6.07) is 0.843. The van der Waals surface area contributed by atoms with Crippen LogP contribution in [-0.2, 0) is 4.74 Å². The molecule has 0 saturated heterocycles. The lowest BCUT2D eigenvalue weighted by atomic mass is 9.72. The van der Waals surface area contributed by atoms with Crippen molar-refractivity contribution < 1.29 is 14.3 Å². The summed E-state index contributed by atoms with van der Waals surface area (Å²) in [4.78, 5) is 20.0. The average molecular weight is 388 g/mol. The predicted octanol–water partition coefficient (Wildman–Crippen LogP) is 3.57. The summed E-state index contributed by atoms with van der Waals surface area (Å²) in [5.74, 6) is 1.16. The SMILES string of the molecule is CCCCOC(=O)Nc1ncc(C2CC(COc3nncn3C(C)C)C2)cn1. The van der Waals surface area contributed by atoms with Crippen molar-refractivity contribution in [2.75, 3.05) is 18.5 Å². The molecule has 1 saturated carbocycles. The van der Waals surface area contributed by atoms with E-state index in [2.05, 4.69) is 39.3 Å². The van der Waals surface area contributed by atoms with E-state index in [4.69, 9.17) is 9.47 Å². The number of ether oxygens (including phenoxy) is 2. The van der Waals surface area contributed by atoms with Crippen LogP contribution in [0.25, 0.3) is 0 Å². The van der Waals surface area contributed by atoms with Crippen molar-refractivity contribution in [3.63, 3.8) is 0 Å². The van der Waals surface area contributed by atoms with Crippen LogP contribution in [0.3, 0.4) is 0 Å². The van der Waals surface area contributed by atoms with Gasteiger partial charge in [0.25, 0.3) is 0 Å². The summed E-state index contributed by atoms with van der Waals surface area (Å²) in [5.41, 5.74) is 1.08. The fourth-order valence-electron chi connectivity index (χ4n) is 3.08. The molecule has 1 fully saturated rings. The number of carbonyl (C=O) groups excluding carboxylic acids is 1. The third-order valence-corrected chi connectivity index (χ3v) is 4.87. The van der Waals surface area contributed by atoms with E-state index < -0.39 is 6.09 Å². The summed E-state index contributed by atoms with van der Waals surface area (Å²) < 4.78 is 12.8. The van der Waals surface area contributed by atoms with Gasteiger partial charge >= 0.3 is 12.1 Å². The van der Waals surface area contributed by atoms with Crippen LogP contribution >= 0.6 is 0 Å². The molecule has 9 heteroatoms. The van der Waals surface area contributed by atoms with Crippen LogP contribution in [0, 0.1) is 5.92 Å². The molecule has 2 aromatic heterocycles. The van der Waals surface area contributed by atoms with Crippen LogP contribution in [0.15, 0.2) is 18.7 Å². The van der Waals surface area contributed by atoms with Crippen molar-refractivity contribution >= 4 is 12.0 Å². The third kappa shape index (κ3) is 5.17. The van der Waals surface area contributed by atoms with E-state index in [0.717, 1.165) is 31.2 Å². The molecule has 1 N–H and O–H groups in total. The van der Waals surface area contributed by atoms with Crippen molar-refractivity contribution in [1.29, 1.82) is 0 Å². The zero-order chi connectivity index (χ0) is 19.9. The van der Waals surface area contributed by atoms with Gasteiger partial charge in [-0.1, -0.05) is 18.4 Å². The lowest BCUT2D eigenvalue weighted by molar-refractivity contribution is 0.143. The number of rotatable bonds is 9. The Hall–Kier alpha value is -2.71. The Bertz CT molecular complexity index is 755. The lowest BCUT2D eigenvalue weighted by Crippen LogP contribution is -2.28. The Morgan fingerprint density at radius 1 is 1.32 bits per heavy atom. The van der Waals surface area contributed by atoms with Crippen molar-refractivity contribution in [3.05, 3.63) is 24.3 Å². The summed E-state index contributed by atoms with van der Waals surface area (Å²) in [5, 5.41) is 10.5. The third-order valence-electron chi connectivity index (χ3n) is 4.87. The average Bonchev–Trinajstić information content (AvgIpc) is 3.11. The maximum atomic E-state index is 11.6. The molecule has 0 bridgehead atoms. The smallest absolute Gasteiger partial charge is 0.414 e. The molecule has 0 aromatic carbocycles. The van der Waals surface area contributed by atoms with Crippen LogP contribution in [-0.4, -0.2) is 44.0 Å². The second kappa shape index (κ2) is 9.48. The summed E-state index contributed by atoms with van der Waals surface area (Å²) in [7, 11) is 0. The molecular formula is C19H28N6O3. The largest absolute Gasteiger partial charge is 0.463 e. The number of amides is 1. The standard InChI is InChI=1S/C19H28N6O3/c1-4-5-6-27-19(26)23-17-20-9-16(10-21-17)15-7-14(8-15)11-28-18-24-22-12-25(18)13(2)3/h9-10,12-15H,4-8,11H2,1-3H3,(H,20,21,23,26). The molecule has 0 unspecified atom stereocenters. The van der Waals surface area contributed by atoms with Gasteiger partial charge in [-0.3, -0.25) is 9.88 Å². The van der Waals surface area contributed by atoms with Crippen molar-refractivity contribution in [2.24, 2.45) is 5.92 Å². The van der Waals surface area contributed by atoms with E-state index in [1.54, 1.807) is 18.7 Å². The molecule has 2 heterocycles. The molecule has 152 valence electrons. The number of carbonyl (C=O) groups is 1. The molecule has 0 atom stereocenters. The first-order chi connectivity index (χ1) is 13.6. The molecule has 0 radical (unpaired) electrons. The predicted molar refractivity (Wildman–Crippen MR) is 103 cm³/mol. The molecular weight excluding hydrogens is 360 g/mol. The minimum absolute atomic E-state index is 0.262. The zero-order valence-electron chi connectivity index (χ0n) is 16.7. The van der Waals surface area contributed by atoms with Gasteiger partial charge in [0.05, 0.1) is 13.2 Å². The van der Waals surface area contributed by atoms with E-state index in [1.165, 1.54) is 0 Å². The van der Waals surface area contributed by atoms with Gasteiger partial charge < -0.3 is 9.47 Å². The topological polar surface area (TPSA) is 104 Å². The highest BCUT2D eigenvalue weighted by Gasteiger charge is 2.31. The lowest BCUT2D eigenvalue weighted by Gasteiger charge is -2.34. The number of anilines is 1. The highest BCUT2D eigenvalue weighted by atomic mass is 16.5. The highest BCUT2D eigenvalue weighted by molar-refractivity contribution is 5.82. The van der Waals surface area contributed by atoms with Gasteiger partial charge in [-0.15, -0.1) is 5.10 Å². The van der Waals surface area contributed by atoms with Gasteiger partial charge in [0.15, 0.2) is 0 Å². The van der Waals surface area contributed by atoms with E-state index in [9.17, 15) is 4.79 Å². The van der Waals surface area contributed by atoms with Crippen LogP contribution < -0.4 is 10.1 Å². The summed E-state index contributed by atoms with van der Waals surface area (Å²) in [6.07, 6.45) is 8.57. The van der Waals surface area contributed by atoms with Gasteiger partial charge in [0.2, 0.25) is 5.95 Å². The van der Waals surface area contributed by atoms with Gasteiger partial charge in [0.1, 0.15) is 6.33 Å². The Balaban J connectivity index is 1.40. The number of nitrogens with zero attached hydrogens (tertiary/aromatic N) is 5. The number of hydrogen-bond acceptors (Lipinski definition) is 7. The number of hydrogen-bond donors (Lipinski definition) is 1. The molecule has 1 aliphatic carbocycles. The first-order valence-corrected chi connectivity index (χ1v) is 9.84. The minimum atomic E-state index is -0.517. The van der Waals surface area contributed by atoms with Crippen LogP contribution in [0.4, 0.5) is 10.7 Å². The second-order valence-electron chi connectivity index (χ2n) is 7.41. The van der Waals surface area contributed by atoms with E-state index in [-0.39, 0.29) is 12.0 Å². The van der Waals surface area contributed by atoms with Crippen LogP contribution in [0.1, 0.15) is 64.0 Å². The Labute approximate surface area is 164 Å². The molecule has 3 rings (SSSR count). The van der Waals surface area contributed by atoms with Gasteiger partial charge in [-0.25, -0.2) is 14.8 Å². The van der Waals surface area contributed by atoms with Crippen LogP contribution in [0.5, 0.6) is 6.01 Å². The molecule has 2 aromatic rings. The van der Waals surface area contributed by atoms with Crippen molar-refractivity contribution in [1.82, 2.24) is 24.7 Å². The molecule has 0 spiro atoms. The summed E-state index contributed by atoms with van der Waals surface area (Å²) >= 11 is 0. The first-order valence-electron chi connectivity index (χ1n) is 9.84. The quantitative estimate of drug-likeness (QED) is 0.655. The normalized spacial score (nSPS) is 18.6. The van der Waals surface area contributed by atoms with Gasteiger partial charge in [0, 0.05) is 18.4 Å². The summed E-state index contributed by atoms with van der Waals surface area (Å²) in [6.45, 7) is 7.21. The first kappa shape index (κ1) is 20.0. The minimum Gasteiger partial charge on any atom is -0.463 e. The second-order valence-corrected chi connectivity index (χ2v) is 7.41. The van der Waals surface area contributed by atoms with Gasteiger partial charge in [-0.2, -0.15) is 0 Å². The van der Waals surface area contributed by atoms with E-state index in [0.29, 0.717) is 31.1 Å². The van der Waals surface area contributed by atoms with Crippen molar-refractivity contribution in [2.45, 2.75) is 58.4 Å². The Morgan fingerprint density at radius 2 is 2.07 bits per heavy atom. The molecule has 1 aliphatic rings. The number of aromatic nitrogens is 5. The maximum absolute atomic E-state index is 11.6. The number of nitrogens with one attached hydrogen (secondary N) is 1. The van der Waals surface area contributed by atoms with E-state index >= 15 is 0 Å². The highest BCUT2D eigenvalue weighted by Crippen LogP contribution is 2.41. The molecule has 28 heavy (non-hydrogen) atoms. The Kier molecular flexibility index (Phi) is 6.78. The van der Waals surface area contributed by atoms with Crippen LogP contribution in [0.2, 0.25) is 0 Å². The molecule has 9 nitrogen and oxygen atoms in total. The van der Waals surface area contributed by atoms with Gasteiger partial charge in [-0.05, 0) is 50.5 Å². The van der Waals surface area contributed by atoms with E-state index in [1.807, 2.05) is 11.5 Å². The number of unbranched alkanes of at least 4 members (excludes halogenated alkanes) is 1. The maximum Gasteiger partial charge on any atom is 0.414 e. The fraction of sp³-hybridized carbons (Fsp3) is 0.632. The molecule has 0 aliphatic heterocycles. The fourth-order valence-corrected chi connectivity index (χ4v) is 3.08. The Morgan fingerprint density at radius 3 is 2.75 bits per heavy atom. The zero-order valence-corrected chi connectivity index (χ0v) is 16.7. The van der Waals surface area contributed by atoms with Crippen molar-refractivity contribution in [3.8, 4) is 6.01 Å².